The minimum absolute atomic E-state index is 0.0512. The second kappa shape index (κ2) is 4.25. The van der Waals surface area contributed by atoms with E-state index in [4.69, 9.17) is 9.47 Å². The third-order valence-corrected chi connectivity index (χ3v) is 5.52. The average Bonchev–Trinajstić information content (AvgIpc) is 3.03. The molecule has 6 atom stereocenters. The van der Waals surface area contributed by atoms with Crippen LogP contribution in [0.4, 0.5) is 0 Å². The Kier molecular flexibility index (Phi) is 2.83. The van der Waals surface area contributed by atoms with Gasteiger partial charge in [-0.1, -0.05) is 0 Å². The number of esters is 2. The van der Waals surface area contributed by atoms with Crippen molar-refractivity contribution in [2.75, 3.05) is 14.2 Å². The first-order valence-corrected chi connectivity index (χ1v) is 6.83. The summed E-state index contributed by atoms with van der Waals surface area (Å²) >= 11 is 0. The highest BCUT2D eigenvalue weighted by molar-refractivity contribution is 5.75. The van der Waals surface area contributed by atoms with E-state index in [0.29, 0.717) is 23.7 Å². The molecule has 0 radical (unpaired) electrons. The van der Waals surface area contributed by atoms with E-state index in [-0.39, 0.29) is 23.8 Å². The minimum Gasteiger partial charge on any atom is -0.469 e. The van der Waals surface area contributed by atoms with E-state index in [0.717, 1.165) is 25.7 Å². The van der Waals surface area contributed by atoms with Gasteiger partial charge in [0, 0.05) is 0 Å². The molecule has 0 spiro atoms. The van der Waals surface area contributed by atoms with E-state index in [1.165, 1.54) is 14.2 Å². The predicted molar refractivity (Wildman–Crippen MR) is 63.4 cm³/mol. The molecule has 18 heavy (non-hydrogen) atoms. The van der Waals surface area contributed by atoms with E-state index in [2.05, 4.69) is 0 Å². The number of ether oxygens (including phenoxy) is 2. The van der Waals surface area contributed by atoms with E-state index >= 15 is 0 Å². The molecule has 3 aliphatic carbocycles. The van der Waals surface area contributed by atoms with Crippen molar-refractivity contribution in [3.63, 3.8) is 0 Å². The molecule has 0 bridgehead atoms. The molecule has 0 heterocycles. The van der Waals surface area contributed by atoms with Crippen molar-refractivity contribution in [1.29, 1.82) is 0 Å². The molecule has 0 N–H and O–H groups in total. The quantitative estimate of drug-likeness (QED) is 0.701. The lowest BCUT2D eigenvalue weighted by atomic mass is 9.87. The van der Waals surface area contributed by atoms with Crippen LogP contribution in [-0.2, 0) is 19.1 Å². The maximum Gasteiger partial charge on any atom is 0.308 e. The zero-order valence-corrected chi connectivity index (χ0v) is 10.9. The average molecular weight is 252 g/mol. The zero-order chi connectivity index (χ0) is 12.9. The maximum atomic E-state index is 11.8. The molecule has 0 aromatic carbocycles. The van der Waals surface area contributed by atoms with Gasteiger partial charge in [0.1, 0.15) is 0 Å². The Balaban J connectivity index is 1.79. The lowest BCUT2D eigenvalue weighted by Gasteiger charge is -2.19. The first-order valence-electron chi connectivity index (χ1n) is 6.83. The largest absolute Gasteiger partial charge is 0.469 e. The third-order valence-electron chi connectivity index (χ3n) is 5.52. The van der Waals surface area contributed by atoms with E-state index in [1.807, 2.05) is 0 Å². The first-order chi connectivity index (χ1) is 8.67. The molecule has 3 rings (SSSR count). The fourth-order valence-electron chi connectivity index (χ4n) is 4.98. The van der Waals surface area contributed by atoms with Gasteiger partial charge in [0.25, 0.3) is 0 Å². The summed E-state index contributed by atoms with van der Waals surface area (Å²) in [6.45, 7) is 0. The molecule has 4 heteroatoms. The van der Waals surface area contributed by atoms with Gasteiger partial charge in [0.15, 0.2) is 0 Å². The molecule has 100 valence electrons. The molecular formula is C14H20O4. The second-order valence-electron chi connectivity index (χ2n) is 5.97. The number of carbonyl (C=O) groups excluding carboxylic acids is 2. The lowest BCUT2D eigenvalue weighted by Crippen LogP contribution is -2.24. The highest BCUT2D eigenvalue weighted by Gasteiger charge is 2.60. The summed E-state index contributed by atoms with van der Waals surface area (Å²) in [6.07, 6.45) is 3.95. The van der Waals surface area contributed by atoms with Gasteiger partial charge in [0.2, 0.25) is 0 Å². The molecule has 3 saturated carbocycles. The normalized spacial score (nSPS) is 44.8. The Bertz CT molecular complexity index is 344. The maximum absolute atomic E-state index is 11.8. The predicted octanol–water partition coefficient (Wildman–Crippen LogP) is 1.63. The zero-order valence-electron chi connectivity index (χ0n) is 10.9. The van der Waals surface area contributed by atoms with Crippen molar-refractivity contribution < 1.29 is 19.1 Å². The van der Waals surface area contributed by atoms with Crippen LogP contribution in [0.5, 0.6) is 0 Å². The molecule has 3 aliphatic rings. The molecule has 4 nitrogen and oxygen atoms in total. The number of carbonyl (C=O) groups is 2. The van der Waals surface area contributed by atoms with Gasteiger partial charge in [-0.2, -0.15) is 0 Å². The van der Waals surface area contributed by atoms with Crippen LogP contribution < -0.4 is 0 Å². The third kappa shape index (κ3) is 1.50. The number of rotatable bonds is 2. The monoisotopic (exact) mass is 252 g/mol. The van der Waals surface area contributed by atoms with Crippen LogP contribution >= 0.6 is 0 Å². The summed E-state index contributed by atoms with van der Waals surface area (Å²) in [6, 6.07) is 0. The van der Waals surface area contributed by atoms with Gasteiger partial charge >= 0.3 is 11.9 Å². The van der Waals surface area contributed by atoms with Crippen molar-refractivity contribution >= 4 is 11.9 Å². The molecule has 3 fully saturated rings. The first kappa shape index (κ1) is 12.0. The van der Waals surface area contributed by atoms with Crippen molar-refractivity contribution in [2.24, 2.45) is 35.5 Å². The summed E-state index contributed by atoms with van der Waals surface area (Å²) in [7, 11) is 2.94. The highest BCUT2D eigenvalue weighted by Crippen LogP contribution is 2.62. The number of hydrogen-bond donors (Lipinski definition) is 0. The number of hydrogen-bond acceptors (Lipinski definition) is 4. The van der Waals surface area contributed by atoms with Crippen LogP contribution in [0, 0.1) is 35.5 Å². The molecule has 0 saturated heterocycles. The summed E-state index contributed by atoms with van der Waals surface area (Å²) in [5.41, 5.74) is 0. The van der Waals surface area contributed by atoms with Crippen LogP contribution in [0.3, 0.4) is 0 Å². The smallest absolute Gasteiger partial charge is 0.308 e. The van der Waals surface area contributed by atoms with Crippen LogP contribution in [0.15, 0.2) is 0 Å². The molecule has 0 amide bonds. The van der Waals surface area contributed by atoms with Crippen molar-refractivity contribution in [3.05, 3.63) is 0 Å². The second-order valence-corrected chi connectivity index (χ2v) is 5.97. The van der Waals surface area contributed by atoms with Crippen molar-refractivity contribution in [2.45, 2.75) is 25.7 Å². The van der Waals surface area contributed by atoms with Crippen LogP contribution in [0.25, 0.3) is 0 Å². The van der Waals surface area contributed by atoms with Gasteiger partial charge in [-0.3, -0.25) is 9.59 Å². The van der Waals surface area contributed by atoms with E-state index in [1.54, 1.807) is 0 Å². The van der Waals surface area contributed by atoms with Crippen molar-refractivity contribution in [1.82, 2.24) is 0 Å². The minimum atomic E-state index is -0.0512. The van der Waals surface area contributed by atoms with E-state index in [9.17, 15) is 9.59 Å². The van der Waals surface area contributed by atoms with Crippen LogP contribution in [0.1, 0.15) is 25.7 Å². The summed E-state index contributed by atoms with van der Waals surface area (Å²) in [5.74, 6) is 2.02. The van der Waals surface area contributed by atoms with Crippen LogP contribution in [0.2, 0.25) is 0 Å². The highest BCUT2D eigenvalue weighted by atomic mass is 16.5. The summed E-state index contributed by atoms with van der Waals surface area (Å²) in [5, 5.41) is 0. The van der Waals surface area contributed by atoms with Gasteiger partial charge in [0.05, 0.1) is 26.1 Å². The Hall–Kier alpha value is -1.06. The van der Waals surface area contributed by atoms with Gasteiger partial charge in [-0.25, -0.2) is 0 Å². The standard InChI is InChI=1S/C14H20O4/c1-17-13(15)10-5-7-6-11(14(16)18-2)9-4-3-8(10)12(7)9/h7-12H,3-6H2,1-2H3/t7?,8-,9+,10-,11+,12?. The fourth-order valence-corrected chi connectivity index (χ4v) is 4.98. The molecule has 0 aromatic heterocycles. The van der Waals surface area contributed by atoms with Gasteiger partial charge < -0.3 is 9.47 Å². The Labute approximate surface area is 107 Å². The van der Waals surface area contributed by atoms with E-state index < -0.39 is 0 Å². The Morgan fingerprint density at radius 1 is 0.889 bits per heavy atom. The summed E-state index contributed by atoms with van der Waals surface area (Å²) in [4.78, 5) is 23.6. The van der Waals surface area contributed by atoms with Gasteiger partial charge in [-0.15, -0.1) is 0 Å². The molecule has 2 unspecified atom stereocenters. The Morgan fingerprint density at radius 3 is 1.72 bits per heavy atom. The molecule has 0 aromatic rings. The number of methoxy groups -OCH3 is 2. The summed E-state index contributed by atoms with van der Waals surface area (Å²) < 4.78 is 9.83. The van der Waals surface area contributed by atoms with Crippen molar-refractivity contribution in [3.8, 4) is 0 Å². The molecule has 0 aliphatic heterocycles. The van der Waals surface area contributed by atoms with Gasteiger partial charge in [-0.05, 0) is 49.4 Å². The van der Waals surface area contributed by atoms with Crippen LogP contribution in [-0.4, -0.2) is 26.2 Å². The topological polar surface area (TPSA) is 52.6 Å². The molecular weight excluding hydrogens is 232 g/mol. The fraction of sp³-hybridized carbons (Fsp3) is 0.857. The lowest BCUT2D eigenvalue weighted by molar-refractivity contribution is -0.147. The SMILES string of the molecule is COC(=O)[C@H]1CC2C[C@@H](C(=O)OC)[C@H]3CC[C@@H]1C23. The Morgan fingerprint density at radius 2 is 1.33 bits per heavy atom.